The molecule has 0 spiro atoms. The van der Waals surface area contributed by atoms with E-state index in [9.17, 15) is 4.79 Å². The zero-order valence-electron chi connectivity index (χ0n) is 18.2. The number of amides is 1. The number of hydrogen-bond acceptors (Lipinski definition) is 3. The molecule has 162 valence electrons. The number of hydrogen-bond donors (Lipinski definition) is 1. The Kier molecular flexibility index (Phi) is 9.07. The molecule has 0 aliphatic heterocycles. The zero-order valence-corrected chi connectivity index (χ0v) is 18.2. The molecule has 4 heteroatoms. The summed E-state index contributed by atoms with van der Waals surface area (Å²) in [6.45, 7) is 3.55. The molecule has 1 amide bonds. The molecule has 0 radical (unpaired) electrons. The van der Waals surface area contributed by atoms with Crippen molar-refractivity contribution in [3.63, 3.8) is 0 Å². The van der Waals surface area contributed by atoms with Crippen molar-refractivity contribution in [3.05, 3.63) is 54.1 Å². The van der Waals surface area contributed by atoms with E-state index in [4.69, 9.17) is 9.47 Å². The Bertz CT molecular complexity index is 766. The predicted molar refractivity (Wildman–Crippen MR) is 123 cm³/mol. The number of anilines is 1. The van der Waals surface area contributed by atoms with Gasteiger partial charge in [0.1, 0.15) is 11.5 Å². The molecule has 4 nitrogen and oxygen atoms in total. The van der Waals surface area contributed by atoms with Crippen LogP contribution in [0.5, 0.6) is 11.5 Å². The molecule has 3 rings (SSSR count). The number of benzene rings is 2. The number of para-hydroxylation sites is 1. The summed E-state index contributed by atoms with van der Waals surface area (Å²) in [5.41, 5.74) is 1.31. The van der Waals surface area contributed by atoms with Gasteiger partial charge in [-0.2, -0.15) is 0 Å². The predicted octanol–water partition coefficient (Wildman–Crippen LogP) is 6.86. The Morgan fingerprint density at radius 1 is 0.933 bits per heavy atom. The maximum atomic E-state index is 12.7. The summed E-state index contributed by atoms with van der Waals surface area (Å²) < 4.78 is 11.7. The van der Waals surface area contributed by atoms with Gasteiger partial charge in [0, 0.05) is 5.69 Å². The summed E-state index contributed by atoms with van der Waals surface area (Å²) in [6, 6.07) is 15.0. The molecule has 2 aromatic carbocycles. The molecule has 30 heavy (non-hydrogen) atoms. The van der Waals surface area contributed by atoms with Crippen LogP contribution in [-0.4, -0.2) is 19.1 Å². The quantitative estimate of drug-likeness (QED) is 0.413. The van der Waals surface area contributed by atoms with E-state index in [1.54, 1.807) is 6.07 Å². The van der Waals surface area contributed by atoms with Crippen LogP contribution >= 0.6 is 0 Å². The Morgan fingerprint density at radius 2 is 1.70 bits per heavy atom. The second-order valence-electron chi connectivity index (χ2n) is 8.17. The monoisotopic (exact) mass is 409 g/mol. The summed E-state index contributed by atoms with van der Waals surface area (Å²) in [5, 5.41) is 2.96. The zero-order chi connectivity index (χ0) is 21.0. The highest BCUT2D eigenvalue weighted by molar-refractivity contribution is 6.06. The van der Waals surface area contributed by atoms with Gasteiger partial charge in [0.15, 0.2) is 0 Å². The molecule has 1 saturated carbocycles. The van der Waals surface area contributed by atoms with Crippen LogP contribution < -0.4 is 14.8 Å². The Morgan fingerprint density at radius 3 is 2.47 bits per heavy atom. The van der Waals surface area contributed by atoms with Crippen molar-refractivity contribution >= 4 is 11.6 Å². The molecular formula is C26H35NO3. The number of rotatable bonds is 11. The lowest BCUT2D eigenvalue weighted by Gasteiger charge is -2.21. The van der Waals surface area contributed by atoms with Crippen molar-refractivity contribution in [3.8, 4) is 11.5 Å². The minimum Gasteiger partial charge on any atom is -0.494 e. The largest absolute Gasteiger partial charge is 0.494 e. The first kappa shape index (κ1) is 22.2. The first-order valence-corrected chi connectivity index (χ1v) is 11.5. The number of unbranched alkanes of at least 4 members (excludes halogenated alkanes) is 2. The van der Waals surface area contributed by atoms with Gasteiger partial charge in [0.2, 0.25) is 0 Å². The lowest BCUT2D eigenvalue weighted by molar-refractivity contribution is 0.102. The van der Waals surface area contributed by atoms with Gasteiger partial charge in [-0.1, -0.05) is 64.0 Å². The molecule has 1 aliphatic rings. The van der Waals surface area contributed by atoms with Crippen molar-refractivity contribution in [2.45, 2.75) is 64.7 Å². The summed E-state index contributed by atoms with van der Waals surface area (Å²) in [5.74, 6) is 2.14. The van der Waals surface area contributed by atoms with Crippen molar-refractivity contribution in [1.82, 2.24) is 0 Å². The summed E-state index contributed by atoms with van der Waals surface area (Å²) in [4.78, 5) is 12.7. The van der Waals surface area contributed by atoms with Gasteiger partial charge in [-0.3, -0.25) is 4.79 Å². The molecule has 2 aromatic rings. The molecule has 0 heterocycles. The molecule has 1 fully saturated rings. The fraction of sp³-hybridized carbons (Fsp3) is 0.500. The van der Waals surface area contributed by atoms with E-state index in [2.05, 4.69) is 12.2 Å². The van der Waals surface area contributed by atoms with Crippen LogP contribution in [0.1, 0.15) is 75.1 Å². The fourth-order valence-corrected chi connectivity index (χ4v) is 3.97. The van der Waals surface area contributed by atoms with Crippen LogP contribution in [-0.2, 0) is 0 Å². The van der Waals surface area contributed by atoms with Gasteiger partial charge in [0.05, 0.1) is 18.8 Å². The van der Waals surface area contributed by atoms with Gasteiger partial charge >= 0.3 is 0 Å². The molecule has 0 unspecified atom stereocenters. The van der Waals surface area contributed by atoms with Gasteiger partial charge in [0.25, 0.3) is 5.91 Å². The van der Waals surface area contributed by atoms with E-state index in [0.717, 1.165) is 49.6 Å². The van der Waals surface area contributed by atoms with E-state index < -0.39 is 0 Å². The molecule has 1 N–H and O–H groups in total. The van der Waals surface area contributed by atoms with E-state index >= 15 is 0 Å². The third-order valence-corrected chi connectivity index (χ3v) is 5.77. The van der Waals surface area contributed by atoms with E-state index in [-0.39, 0.29) is 5.91 Å². The van der Waals surface area contributed by atoms with Crippen molar-refractivity contribution in [2.75, 3.05) is 18.5 Å². The van der Waals surface area contributed by atoms with Gasteiger partial charge in [-0.05, 0) is 55.2 Å². The average molecular weight is 410 g/mol. The summed E-state index contributed by atoms with van der Waals surface area (Å²) in [7, 11) is 0. The number of carbonyl (C=O) groups is 1. The topological polar surface area (TPSA) is 47.6 Å². The third-order valence-electron chi connectivity index (χ3n) is 5.77. The first-order valence-electron chi connectivity index (χ1n) is 11.5. The highest BCUT2D eigenvalue weighted by atomic mass is 16.5. The van der Waals surface area contributed by atoms with Gasteiger partial charge in [-0.25, -0.2) is 0 Å². The van der Waals surface area contributed by atoms with Crippen molar-refractivity contribution in [1.29, 1.82) is 0 Å². The van der Waals surface area contributed by atoms with E-state index in [0.29, 0.717) is 17.9 Å². The standard InChI is InChI=1S/C26H35NO3/c1-2-3-9-19-30-25-13-8-7-12-24(25)26(28)27-22-14-16-23(17-15-22)29-20-18-21-10-5-4-6-11-21/h7-8,12-17,21H,2-6,9-11,18-20H2,1H3,(H,27,28). The highest BCUT2D eigenvalue weighted by Crippen LogP contribution is 2.27. The Hall–Kier alpha value is -2.49. The molecule has 0 saturated heterocycles. The van der Waals surface area contributed by atoms with Gasteiger partial charge in [-0.15, -0.1) is 0 Å². The normalized spacial score (nSPS) is 14.3. The number of ether oxygens (including phenoxy) is 2. The Labute approximate surface area is 181 Å². The number of nitrogens with one attached hydrogen (secondary N) is 1. The SMILES string of the molecule is CCCCCOc1ccccc1C(=O)Nc1ccc(OCCC2CCCCC2)cc1. The molecular weight excluding hydrogens is 374 g/mol. The smallest absolute Gasteiger partial charge is 0.259 e. The number of carbonyl (C=O) groups excluding carboxylic acids is 1. The summed E-state index contributed by atoms with van der Waals surface area (Å²) in [6.07, 6.45) is 11.2. The molecule has 0 atom stereocenters. The second-order valence-corrected chi connectivity index (χ2v) is 8.17. The van der Waals surface area contributed by atoms with Crippen LogP contribution in [0, 0.1) is 5.92 Å². The Balaban J connectivity index is 1.48. The summed E-state index contributed by atoms with van der Waals surface area (Å²) >= 11 is 0. The molecule has 1 aliphatic carbocycles. The van der Waals surface area contributed by atoms with Crippen LogP contribution in [0.3, 0.4) is 0 Å². The average Bonchev–Trinajstić information content (AvgIpc) is 2.79. The van der Waals surface area contributed by atoms with E-state index in [1.807, 2.05) is 42.5 Å². The minimum atomic E-state index is -0.160. The highest BCUT2D eigenvalue weighted by Gasteiger charge is 2.14. The third kappa shape index (κ3) is 7.08. The lowest BCUT2D eigenvalue weighted by atomic mass is 9.87. The minimum absolute atomic E-state index is 0.160. The maximum Gasteiger partial charge on any atom is 0.259 e. The van der Waals surface area contributed by atoms with Gasteiger partial charge < -0.3 is 14.8 Å². The van der Waals surface area contributed by atoms with Crippen LogP contribution in [0.4, 0.5) is 5.69 Å². The molecule has 0 bridgehead atoms. The van der Waals surface area contributed by atoms with Crippen LogP contribution in [0.25, 0.3) is 0 Å². The van der Waals surface area contributed by atoms with Crippen molar-refractivity contribution in [2.24, 2.45) is 5.92 Å². The fourth-order valence-electron chi connectivity index (χ4n) is 3.97. The molecule has 0 aromatic heterocycles. The van der Waals surface area contributed by atoms with Crippen LogP contribution in [0.2, 0.25) is 0 Å². The van der Waals surface area contributed by atoms with E-state index in [1.165, 1.54) is 32.1 Å². The second kappa shape index (κ2) is 12.3. The lowest BCUT2D eigenvalue weighted by Crippen LogP contribution is -2.14. The first-order chi connectivity index (χ1) is 14.8. The van der Waals surface area contributed by atoms with Crippen molar-refractivity contribution < 1.29 is 14.3 Å². The maximum absolute atomic E-state index is 12.7. The van der Waals surface area contributed by atoms with Crippen LogP contribution in [0.15, 0.2) is 48.5 Å².